The minimum Gasteiger partial charge on any atom is -0.444 e. The van der Waals surface area contributed by atoms with Gasteiger partial charge in [0.25, 0.3) is 0 Å². The molecule has 0 saturated heterocycles. The van der Waals surface area contributed by atoms with Gasteiger partial charge in [-0.25, -0.2) is 9.59 Å². The van der Waals surface area contributed by atoms with Gasteiger partial charge in [-0.05, 0) is 44.8 Å². The van der Waals surface area contributed by atoms with Crippen LogP contribution < -0.4 is 11.1 Å². The maximum Gasteiger partial charge on any atom is 0.420 e. The van der Waals surface area contributed by atoms with Crippen LogP contribution in [0.2, 0.25) is 0 Å². The van der Waals surface area contributed by atoms with Crippen LogP contribution >= 0.6 is 15.9 Å². The molecule has 208 valence electrons. The molecule has 0 spiro atoms. The fourth-order valence-electron chi connectivity index (χ4n) is 3.92. The summed E-state index contributed by atoms with van der Waals surface area (Å²) in [6, 6.07) is 23.5. The summed E-state index contributed by atoms with van der Waals surface area (Å²) >= 11 is 3.27. The molecule has 3 aromatic rings. The summed E-state index contributed by atoms with van der Waals surface area (Å²) in [5.74, 6) is -0.586. The lowest BCUT2D eigenvalue weighted by Crippen LogP contribution is -2.54. The van der Waals surface area contributed by atoms with Gasteiger partial charge >= 0.3 is 12.2 Å². The Hall–Kier alpha value is -4.38. The Morgan fingerprint density at radius 3 is 1.95 bits per heavy atom. The topological polar surface area (TPSA) is 133 Å². The number of nitrogens with zero attached hydrogens (tertiary/aromatic N) is 2. The Balaban J connectivity index is 1.57. The lowest BCUT2D eigenvalue weighted by Gasteiger charge is -2.28. The highest BCUT2D eigenvalue weighted by molar-refractivity contribution is 9.18. The van der Waals surface area contributed by atoms with Gasteiger partial charge in [0.1, 0.15) is 23.9 Å². The number of carbonyl (C=O) groups excluding carboxylic acids is 3. The Morgan fingerprint density at radius 1 is 0.900 bits per heavy atom. The summed E-state index contributed by atoms with van der Waals surface area (Å²) in [5, 5.41) is 6.60. The first kappa shape index (κ1) is 28.6. The van der Waals surface area contributed by atoms with Crippen molar-refractivity contribution in [2.75, 3.05) is 12.3 Å². The molecule has 0 saturated carbocycles. The van der Waals surface area contributed by atoms with E-state index < -0.39 is 24.1 Å². The van der Waals surface area contributed by atoms with Gasteiger partial charge in [-0.1, -0.05) is 78.0 Å². The third kappa shape index (κ3) is 8.31. The largest absolute Gasteiger partial charge is 0.444 e. The Morgan fingerprint density at radius 2 is 1.45 bits per heavy atom. The maximum absolute atomic E-state index is 13.6. The third-order valence-electron chi connectivity index (χ3n) is 6.03. The number of nitrogen functional groups attached to an aromatic ring is 1. The number of carbonyl (C=O) groups is 3. The van der Waals surface area contributed by atoms with Crippen molar-refractivity contribution < 1.29 is 28.7 Å². The summed E-state index contributed by atoms with van der Waals surface area (Å²) < 4.78 is 11.6. The van der Waals surface area contributed by atoms with Crippen LogP contribution in [0.1, 0.15) is 23.1 Å². The second kappa shape index (κ2) is 14.1. The van der Waals surface area contributed by atoms with E-state index in [2.05, 4.69) is 26.4 Å². The lowest BCUT2D eigenvalue weighted by atomic mass is 10.0. The van der Waals surface area contributed by atoms with E-state index in [0.717, 1.165) is 16.0 Å². The highest BCUT2D eigenvalue weighted by atomic mass is 79.9. The van der Waals surface area contributed by atoms with Crippen molar-refractivity contribution in [3.63, 3.8) is 0 Å². The maximum atomic E-state index is 13.6. The van der Waals surface area contributed by atoms with Crippen molar-refractivity contribution in [3.05, 3.63) is 102 Å². The van der Waals surface area contributed by atoms with Gasteiger partial charge in [0.15, 0.2) is 6.10 Å². The van der Waals surface area contributed by atoms with Crippen LogP contribution in [0.25, 0.3) is 0 Å². The fraction of sp³-hybridized carbons (Fsp3) is 0.241. The minimum atomic E-state index is -1.29. The number of ether oxygens (including phenoxy) is 2. The molecule has 10 nitrogen and oxygen atoms in total. The van der Waals surface area contributed by atoms with E-state index in [0.29, 0.717) is 22.3 Å². The lowest BCUT2D eigenvalue weighted by molar-refractivity contribution is -0.126. The van der Waals surface area contributed by atoms with Crippen LogP contribution in [-0.2, 0) is 38.7 Å². The molecule has 1 aliphatic heterocycles. The van der Waals surface area contributed by atoms with Crippen LogP contribution in [0.15, 0.2) is 90.1 Å². The normalized spacial score (nSPS) is 14.8. The molecule has 0 radical (unpaired) electrons. The Bertz CT molecular complexity index is 1270. The number of oxime groups is 1. The second-order valence-corrected chi connectivity index (χ2v) is 9.97. The van der Waals surface area contributed by atoms with Crippen LogP contribution in [0.5, 0.6) is 0 Å². The zero-order valence-electron chi connectivity index (χ0n) is 21.6. The van der Waals surface area contributed by atoms with Gasteiger partial charge in [0.05, 0.1) is 6.54 Å². The molecule has 4 rings (SSSR count). The molecule has 0 aliphatic carbocycles. The van der Waals surface area contributed by atoms with Crippen molar-refractivity contribution >= 4 is 44.3 Å². The molecule has 11 heteroatoms. The predicted octanol–water partition coefficient (Wildman–Crippen LogP) is 4.77. The number of hydrogen-bond acceptors (Lipinski definition) is 8. The number of nitrogens with one attached hydrogen (secondary N) is 1. The van der Waals surface area contributed by atoms with Crippen LogP contribution in [0.3, 0.4) is 0 Å². The second-order valence-electron chi connectivity index (χ2n) is 9.06. The number of nitrogens with two attached hydrogens (primary N) is 1. The SMILES string of the molecule is Nc1ccc(C[C@@H](C(=O)NCC2CC(Br)=NO2)N(C(=O)OCc2ccccc2)C(=O)OCc2ccccc2)cc1. The van der Waals surface area contributed by atoms with Crippen LogP contribution in [-0.4, -0.2) is 46.3 Å². The zero-order valence-corrected chi connectivity index (χ0v) is 23.2. The highest BCUT2D eigenvalue weighted by Gasteiger charge is 2.38. The van der Waals surface area contributed by atoms with E-state index in [1.807, 2.05) is 12.1 Å². The number of amides is 3. The van der Waals surface area contributed by atoms with Crippen molar-refractivity contribution in [1.82, 2.24) is 10.2 Å². The van der Waals surface area contributed by atoms with Gasteiger partial charge < -0.3 is 25.4 Å². The quantitative estimate of drug-likeness (QED) is 0.317. The fourth-order valence-corrected chi connectivity index (χ4v) is 4.37. The zero-order chi connectivity index (χ0) is 28.3. The van der Waals surface area contributed by atoms with Gasteiger partial charge in [-0.3, -0.25) is 4.79 Å². The van der Waals surface area contributed by atoms with Crippen LogP contribution in [0.4, 0.5) is 15.3 Å². The number of anilines is 1. The van der Waals surface area contributed by atoms with E-state index in [4.69, 9.17) is 20.0 Å². The summed E-state index contributed by atoms with van der Waals surface area (Å²) in [6.07, 6.45) is -1.94. The monoisotopic (exact) mass is 608 g/mol. The minimum absolute atomic E-state index is 0.00128. The Labute approximate surface area is 240 Å². The van der Waals surface area contributed by atoms with Gasteiger partial charge in [-0.2, -0.15) is 4.90 Å². The molecule has 0 aromatic heterocycles. The standard InChI is InChI=1S/C29H29BrN4O6/c30-26-16-24(40-33-26)17-32-27(35)25(15-20-11-13-23(31)14-12-20)34(28(36)38-18-21-7-3-1-4-8-21)29(37)39-19-22-9-5-2-6-10-22/h1-14,24-25H,15-19,31H2,(H,32,35)/t24?,25-/m0/s1. The molecule has 1 aliphatic rings. The van der Waals surface area contributed by atoms with E-state index in [9.17, 15) is 14.4 Å². The van der Waals surface area contributed by atoms with E-state index in [-0.39, 0.29) is 32.3 Å². The number of imide groups is 1. The van der Waals surface area contributed by atoms with E-state index in [1.54, 1.807) is 72.8 Å². The molecule has 0 bridgehead atoms. The number of hydrogen-bond donors (Lipinski definition) is 2. The van der Waals surface area contributed by atoms with Crippen molar-refractivity contribution in [3.8, 4) is 0 Å². The van der Waals surface area contributed by atoms with Gasteiger partial charge in [0, 0.05) is 18.5 Å². The summed E-state index contributed by atoms with van der Waals surface area (Å²) in [7, 11) is 0. The first-order valence-electron chi connectivity index (χ1n) is 12.6. The van der Waals surface area contributed by atoms with Crippen LogP contribution in [0, 0.1) is 0 Å². The average molecular weight is 609 g/mol. The smallest absolute Gasteiger partial charge is 0.420 e. The molecule has 3 aromatic carbocycles. The molecule has 1 unspecified atom stereocenters. The van der Waals surface area contributed by atoms with Crippen molar-refractivity contribution in [2.45, 2.75) is 38.2 Å². The number of halogens is 1. The summed E-state index contributed by atoms with van der Waals surface area (Å²) in [5.41, 5.74) is 8.48. The Kier molecular flexibility index (Phi) is 10.1. The molecule has 1 heterocycles. The third-order valence-corrected chi connectivity index (χ3v) is 6.50. The van der Waals surface area contributed by atoms with Crippen molar-refractivity contribution in [2.24, 2.45) is 5.16 Å². The first-order valence-corrected chi connectivity index (χ1v) is 13.4. The van der Waals surface area contributed by atoms with E-state index in [1.165, 1.54) is 0 Å². The predicted molar refractivity (Wildman–Crippen MR) is 152 cm³/mol. The van der Waals surface area contributed by atoms with Gasteiger partial charge in [-0.15, -0.1) is 0 Å². The first-order chi connectivity index (χ1) is 19.4. The summed E-state index contributed by atoms with van der Waals surface area (Å²) in [4.78, 5) is 46.4. The summed E-state index contributed by atoms with van der Waals surface area (Å²) in [6.45, 7) is -0.0824. The molecule has 2 atom stereocenters. The number of benzene rings is 3. The molecule has 3 amide bonds. The van der Waals surface area contributed by atoms with E-state index >= 15 is 0 Å². The molecule has 0 fully saturated rings. The molecule has 3 N–H and O–H groups in total. The van der Waals surface area contributed by atoms with Gasteiger partial charge in [0.2, 0.25) is 5.91 Å². The molecular weight excluding hydrogens is 580 g/mol. The molecular formula is C29H29BrN4O6. The highest BCUT2D eigenvalue weighted by Crippen LogP contribution is 2.18. The van der Waals surface area contributed by atoms with Crippen molar-refractivity contribution in [1.29, 1.82) is 0 Å². The number of rotatable bonds is 10. The molecule has 40 heavy (non-hydrogen) atoms. The average Bonchev–Trinajstić information content (AvgIpc) is 3.40.